The molecular formula is C11H14INO. The molecule has 1 aliphatic heterocycles. The lowest BCUT2D eigenvalue weighted by molar-refractivity contribution is 0.0582. The average Bonchev–Trinajstić information content (AvgIpc) is 2.30. The van der Waals surface area contributed by atoms with E-state index in [1.54, 1.807) is 0 Å². The maximum atomic E-state index is 5.63. The van der Waals surface area contributed by atoms with Gasteiger partial charge in [0, 0.05) is 23.2 Å². The summed E-state index contributed by atoms with van der Waals surface area (Å²) in [5, 5.41) is 0. The number of hydrogen-bond acceptors (Lipinski definition) is 2. The van der Waals surface area contributed by atoms with Gasteiger partial charge >= 0.3 is 0 Å². The summed E-state index contributed by atoms with van der Waals surface area (Å²) in [5.41, 5.74) is 1.31. The molecule has 0 aliphatic carbocycles. The van der Waals surface area contributed by atoms with Gasteiger partial charge in [0.05, 0.1) is 12.7 Å². The fourth-order valence-corrected chi connectivity index (χ4v) is 2.22. The van der Waals surface area contributed by atoms with Gasteiger partial charge in [-0.1, -0.05) is 40.8 Å². The molecule has 14 heavy (non-hydrogen) atoms. The van der Waals surface area contributed by atoms with Crippen molar-refractivity contribution < 1.29 is 4.74 Å². The van der Waals surface area contributed by atoms with Crippen molar-refractivity contribution in [3.05, 3.63) is 30.3 Å². The van der Waals surface area contributed by atoms with Crippen LogP contribution in [-0.4, -0.2) is 30.2 Å². The van der Waals surface area contributed by atoms with Gasteiger partial charge in [-0.2, -0.15) is 0 Å². The van der Waals surface area contributed by atoms with E-state index in [9.17, 15) is 0 Å². The molecule has 0 unspecified atom stereocenters. The molecule has 0 N–H and O–H groups in total. The van der Waals surface area contributed by atoms with Crippen LogP contribution in [0.2, 0.25) is 0 Å². The van der Waals surface area contributed by atoms with Crippen molar-refractivity contribution in [1.29, 1.82) is 0 Å². The molecule has 0 aromatic heterocycles. The Labute approximate surface area is 98.4 Å². The summed E-state index contributed by atoms with van der Waals surface area (Å²) in [6.07, 6.45) is 0.393. The second-order valence-corrected chi connectivity index (χ2v) is 4.31. The molecular weight excluding hydrogens is 289 g/mol. The van der Waals surface area contributed by atoms with Gasteiger partial charge in [-0.25, -0.2) is 0 Å². The highest BCUT2D eigenvalue weighted by Gasteiger charge is 2.19. The summed E-state index contributed by atoms with van der Waals surface area (Å²) in [5.74, 6) is 0. The van der Waals surface area contributed by atoms with Crippen molar-refractivity contribution in [2.45, 2.75) is 6.10 Å². The number of alkyl halides is 1. The number of morpholine rings is 1. The van der Waals surface area contributed by atoms with Crippen molar-refractivity contribution in [2.75, 3.05) is 29.0 Å². The highest BCUT2D eigenvalue weighted by molar-refractivity contribution is 14.1. The minimum atomic E-state index is 0.393. The Morgan fingerprint density at radius 2 is 2.14 bits per heavy atom. The van der Waals surface area contributed by atoms with Gasteiger partial charge in [0.2, 0.25) is 0 Å². The topological polar surface area (TPSA) is 12.5 Å². The molecule has 3 heteroatoms. The number of hydrogen-bond donors (Lipinski definition) is 0. The molecule has 0 radical (unpaired) electrons. The molecule has 1 heterocycles. The number of nitrogens with zero attached hydrogens (tertiary/aromatic N) is 1. The van der Waals surface area contributed by atoms with Crippen molar-refractivity contribution in [3.8, 4) is 0 Å². The number of rotatable bonds is 2. The molecule has 0 saturated carbocycles. The van der Waals surface area contributed by atoms with Gasteiger partial charge in [0.25, 0.3) is 0 Å². The smallest absolute Gasteiger partial charge is 0.0839 e. The lowest BCUT2D eigenvalue weighted by Crippen LogP contribution is -2.43. The largest absolute Gasteiger partial charge is 0.374 e. The summed E-state index contributed by atoms with van der Waals surface area (Å²) in [6, 6.07) is 10.6. The van der Waals surface area contributed by atoms with E-state index in [0.29, 0.717) is 6.10 Å². The van der Waals surface area contributed by atoms with Crippen molar-refractivity contribution >= 4 is 28.3 Å². The molecule has 1 aromatic rings. The Kier molecular flexibility index (Phi) is 3.64. The Balaban J connectivity index is 2.04. The molecule has 76 valence electrons. The van der Waals surface area contributed by atoms with Crippen LogP contribution >= 0.6 is 22.6 Å². The summed E-state index contributed by atoms with van der Waals surface area (Å²) >= 11 is 2.38. The van der Waals surface area contributed by atoms with Crippen LogP contribution in [0.25, 0.3) is 0 Å². The Bertz CT molecular complexity index is 278. The SMILES string of the molecule is IC[C@@H]1CN(c2ccccc2)CCO1. The zero-order valence-electron chi connectivity index (χ0n) is 8.03. The quantitative estimate of drug-likeness (QED) is 0.614. The van der Waals surface area contributed by atoms with Gasteiger partial charge in [0.15, 0.2) is 0 Å². The van der Waals surface area contributed by atoms with Crippen LogP contribution in [0.1, 0.15) is 0 Å². The molecule has 0 spiro atoms. The van der Waals surface area contributed by atoms with Crippen LogP contribution in [0.4, 0.5) is 5.69 Å². The number of benzene rings is 1. The normalized spacial score (nSPS) is 22.4. The maximum Gasteiger partial charge on any atom is 0.0839 e. The van der Waals surface area contributed by atoms with Crippen LogP contribution < -0.4 is 4.90 Å². The second kappa shape index (κ2) is 4.98. The number of ether oxygens (including phenoxy) is 1. The van der Waals surface area contributed by atoms with E-state index < -0.39 is 0 Å². The zero-order chi connectivity index (χ0) is 9.80. The Morgan fingerprint density at radius 3 is 2.86 bits per heavy atom. The van der Waals surface area contributed by atoms with Gasteiger partial charge in [0.1, 0.15) is 0 Å². The summed E-state index contributed by atoms with van der Waals surface area (Å²) in [6.45, 7) is 2.88. The van der Waals surface area contributed by atoms with Crippen LogP contribution in [0, 0.1) is 0 Å². The predicted molar refractivity (Wildman–Crippen MR) is 67.3 cm³/mol. The lowest BCUT2D eigenvalue weighted by atomic mass is 10.2. The third kappa shape index (κ3) is 2.39. The lowest BCUT2D eigenvalue weighted by Gasteiger charge is -2.33. The number of anilines is 1. The van der Waals surface area contributed by atoms with Gasteiger partial charge < -0.3 is 9.64 Å². The summed E-state index contributed by atoms with van der Waals surface area (Å²) < 4.78 is 6.70. The molecule has 1 fully saturated rings. The average molecular weight is 303 g/mol. The molecule has 0 bridgehead atoms. The third-order valence-electron chi connectivity index (χ3n) is 2.43. The Hall–Kier alpha value is -0.290. The molecule has 1 aromatic carbocycles. The van der Waals surface area contributed by atoms with E-state index in [2.05, 4.69) is 57.8 Å². The molecule has 1 aliphatic rings. The minimum Gasteiger partial charge on any atom is -0.374 e. The van der Waals surface area contributed by atoms with Crippen LogP contribution in [0.15, 0.2) is 30.3 Å². The van der Waals surface area contributed by atoms with Crippen LogP contribution in [0.3, 0.4) is 0 Å². The van der Waals surface area contributed by atoms with E-state index in [1.165, 1.54) is 5.69 Å². The fraction of sp³-hybridized carbons (Fsp3) is 0.455. The number of para-hydroxylation sites is 1. The van der Waals surface area contributed by atoms with E-state index >= 15 is 0 Å². The molecule has 1 saturated heterocycles. The highest BCUT2D eigenvalue weighted by Crippen LogP contribution is 2.17. The summed E-state index contributed by atoms with van der Waals surface area (Å²) in [4.78, 5) is 2.40. The van der Waals surface area contributed by atoms with E-state index in [4.69, 9.17) is 4.74 Å². The first-order valence-electron chi connectivity index (χ1n) is 4.87. The molecule has 0 amide bonds. The van der Waals surface area contributed by atoms with Crippen molar-refractivity contribution in [3.63, 3.8) is 0 Å². The van der Waals surface area contributed by atoms with Crippen LogP contribution in [0.5, 0.6) is 0 Å². The van der Waals surface area contributed by atoms with E-state index in [-0.39, 0.29) is 0 Å². The molecule has 2 rings (SSSR count). The Morgan fingerprint density at radius 1 is 1.36 bits per heavy atom. The molecule has 2 nitrogen and oxygen atoms in total. The van der Waals surface area contributed by atoms with Crippen LogP contribution in [-0.2, 0) is 4.74 Å². The van der Waals surface area contributed by atoms with E-state index in [1.807, 2.05) is 0 Å². The first-order valence-corrected chi connectivity index (χ1v) is 6.40. The molecule has 1 atom stereocenters. The van der Waals surface area contributed by atoms with Gasteiger partial charge in [-0.15, -0.1) is 0 Å². The van der Waals surface area contributed by atoms with Gasteiger partial charge in [-0.3, -0.25) is 0 Å². The minimum absolute atomic E-state index is 0.393. The standard InChI is InChI=1S/C11H14INO/c12-8-11-9-13(6-7-14-11)10-4-2-1-3-5-10/h1-5,11H,6-9H2/t11-/m1/s1. The predicted octanol–water partition coefficient (Wildman–Crippen LogP) is 2.33. The van der Waals surface area contributed by atoms with Crippen molar-refractivity contribution in [2.24, 2.45) is 0 Å². The third-order valence-corrected chi connectivity index (χ3v) is 3.41. The maximum absolute atomic E-state index is 5.63. The monoisotopic (exact) mass is 303 g/mol. The number of halogens is 1. The first kappa shape index (κ1) is 10.2. The first-order chi connectivity index (χ1) is 6.90. The summed E-state index contributed by atoms with van der Waals surface area (Å²) in [7, 11) is 0. The second-order valence-electron chi connectivity index (χ2n) is 3.43. The fourth-order valence-electron chi connectivity index (χ4n) is 1.69. The highest BCUT2D eigenvalue weighted by atomic mass is 127. The van der Waals surface area contributed by atoms with E-state index in [0.717, 1.165) is 24.1 Å². The zero-order valence-corrected chi connectivity index (χ0v) is 10.2. The van der Waals surface area contributed by atoms with Gasteiger partial charge in [-0.05, 0) is 12.1 Å². The van der Waals surface area contributed by atoms with Crippen molar-refractivity contribution in [1.82, 2.24) is 0 Å².